The van der Waals surface area contributed by atoms with E-state index in [1.165, 1.54) is 57.9 Å². The van der Waals surface area contributed by atoms with Crippen molar-refractivity contribution in [3.63, 3.8) is 0 Å². The van der Waals surface area contributed by atoms with Gasteiger partial charge < -0.3 is 10.1 Å². The molecule has 0 unspecified atom stereocenters. The molecule has 1 fully saturated rings. The quantitative estimate of drug-likeness (QED) is 0.626. The Bertz CT molecular complexity index is 143. The maximum absolute atomic E-state index is 5.43. The van der Waals surface area contributed by atoms with Gasteiger partial charge in [0.25, 0.3) is 0 Å². The maximum atomic E-state index is 5.43. The van der Waals surface area contributed by atoms with Gasteiger partial charge in [0.15, 0.2) is 0 Å². The summed E-state index contributed by atoms with van der Waals surface area (Å²) in [7, 11) is 1.84. The molecule has 2 heteroatoms. The van der Waals surface area contributed by atoms with Crippen molar-refractivity contribution in [2.45, 2.75) is 70.4 Å². The highest BCUT2D eigenvalue weighted by Crippen LogP contribution is 2.17. The smallest absolute Gasteiger partial charge is 0.0571 e. The second kappa shape index (κ2) is 8.12. The van der Waals surface area contributed by atoms with Crippen LogP contribution < -0.4 is 5.32 Å². The first-order chi connectivity index (χ1) is 7.36. The number of rotatable bonds is 8. The van der Waals surface area contributed by atoms with Crippen molar-refractivity contribution >= 4 is 0 Å². The highest BCUT2D eigenvalue weighted by atomic mass is 16.5. The summed E-state index contributed by atoms with van der Waals surface area (Å²) in [6, 6.07) is 0.817. The zero-order valence-electron chi connectivity index (χ0n) is 10.4. The molecule has 1 rings (SSSR count). The number of nitrogens with one attached hydrogen (secondary N) is 1. The Hall–Kier alpha value is -0.0800. The Morgan fingerprint density at radius 1 is 1.27 bits per heavy atom. The molecular formula is C13H27NO. The van der Waals surface area contributed by atoms with Crippen LogP contribution in [0.2, 0.25) is 0 Å². The van der Waals surface area contributed by atoms with E-state index in [2.05, 4.69) is 12.2 Å². The molecule has 0 heterocycles. The van der Waals surface area contributed by atoms with Gasteiger partial charge in [0.1, 0.15) is 0 Å². The van der Waals surface area contributed by atoms with Crippen LogP contribution in [0.4, 0.5) is 0 Å². The molecular weight excluding hydrogens is 186 g/mol. The Kier molecular flexibility index (Phi) is 7.03. The maximum Gasteiger partial charge on any atom is 0.0571 e. The lowest BCUT2D eigenvalue weighted by Crippen LogP contribution is -2.27. The summed E-state index contributed by atoms with van der Waals surface area (Å²) >= 11 is 0. The fourth-order valence-electron chi connectivity index (χ4n) is 2.47. The summed E-state index contributed by atoms with van der Waals surface area (Å²) in [6.45, 7) is 3.40. The minimum absolute atomic E-state index is 0.486. The zero-order valence-corrected chi connectivity index (χ0v) is 10.4. The molecule has 0 spiro atoms. The average molecular weight is 213 g/mol. The molecule has 1 aliphatic carbocycles. The summed E-state index contributed by atoms with van der Waals surface area (Å²) in [5.41, 5.74) is 0. The van der Waals surface area contributed by atoms with Gasteiger partial charge >= 0.3 is 0 Å². The molecule has 0 aromatic carbocycles. The lowest BCUT2D eigenvalue weighted by molar-refractivity contribution is 0.0854. The van der Waals surface area contributed by atoms with Gasteiger partial charge in [-0.1, -0.05) is 26.2 Å². The van der Waals surface area contributed by atoms with E-state index in [1.807, 2.05) is 7.11 Å². The van der Waals surface area contributed by atoms with Crippen LogP contribution >= 0.6 is 0 Å². The highest BCUT2D eigenvalue weighted by molar-refractivity contribution is 4.73. The second-order valence-electron chi connectivity index (χ2n) is 4.72. The molecule has 1 N–H and O–H groups in total. The number of hydrogen-bond acceptors (Lipinski definition) is 2. The Labute approximate surface area is 94.8 Å². The van der Waals surface area contributed by atoms with E-state index in [1.54, 1.807) is 0 Å². The van der Waals surface area contributed by atoms with Crippen LogP contribution in [-0.2, 0) is 4.74 Å². The van der Waals surface area contributed by atoms with E-state index in [4.69, 9.17) is 4.74 Å². The van der Waals surface area contributed by atoms with Gasteiger partial charge in [-0.3, -0.25) is 0 Å². The van der Waals surface area contributed by atoms with E-state index < -0.39 is 0 Å². The minimum Gasteiger partial charge on any atom is -0.381 e. The Morgan fingerprint density at radius 2 is 2.00 bits per heavy atom. The highest BCUT2D eigenvalue weighted by Gasteiger charge is 2.13. The van der Waals surface area contributed by atoms with E-state index in [9.17, 15) is 0 Å². The first-order valence-electron chi connectivity index (χ1n) is 6.63. The first-order valence-corrected chi connectivity index (χ1v) is 6.63. The van der Waals surface area contributed by atoms with Gasteiger partial charge in [0.2, 0.25) is 0 Å². The average Bonchev–Trinajstić information content (AvgIpc) is 2.75. The fourth-order valence-corrected chi connectivity index (χ4v) is 2.47. The number of ether oxygens (including phenoxy) is 1. The van der Waals surface area contributed by atoms with Gasteiger partial charge in [-0.2, -0.15) is 0 Å². The normalized spacial score (nSPS) is 19.6. The summed E-state index contributed by atoms with van der Waals surface area (Å²) in [5.74, 6) is 0. The van der Waals surface area contributed by atoms with Crippen molar-refractivity contribution in [2.75, 3.05) is 13.7 Å². The van der Waals surface area contributed by atoms with Crippen LogP contribution in [-0.4, -0.2) is 25.8 Å². The molecule has 1 saturated carbocycles. The zero-order chi connectivity index (χ0) is 10.9. The lowest BCUT2D eigenvalue weighted by atomic mass is 10.1. The van der Waals surface area contributed by atoms with E-state index >= 15 is 0 Å². The SMILES string of the molecule is CCC[C@@H](CCCNC1CCCC1)OC. The number of methoxy groups -OCH3 is 1. The summed E-state index contributed by atoms with van der Waals surface area (Å²) in [5, 5.41) is 3.65. The van der Waals surface area contributed by atoms with Gasteiger partial charge in [0.05, 0.1) is 6.10 Å². The standard InChI is InChI=1S/C13H27NO/c1-3-7-13(15-2)10-6-11-14-12-8-4-5-9-12/h12-14H,3-11H2,1-2H3/t13-/m0/s1. The predicted octanol–water partition coefficient (Wildman–Crippen LogP) is 3.11. The van der Waals surface area contributed by atoms with E-state index in [-0.39, 0.29) is 0 Å². The largest absolute Gasteiger partial charge is 0.381 e. The molecule has 1 atom stereocenters. The van der Waals surface area contributed by atoms with Crippen LogP contribution in [0.3, 0.4) is 0 Å². The third-order valence-corrected chi connectivity index (χ3v) is 3.44. The Balaban J connectivity index is 1.94. The molecule has 1 aliphatic rings. The monoisotopic (exact) mass is 213 g/mol. The minimum atomic E-state index is 0.486. The molecule has 0 aliphatic heterocycles. The van der Waals surface area contributed by atoms with Gasteiger partial charge in [-0.25, -0.2) is 0 Å². The van der Waals surface area contributed by atoms with Gasteiger partial charge in [-0.05, 0) is 38.6 Å². The molecule has 0 radical (unpaired) electrons. The Morgan fingerprint density at radius 3 is 2.60 bits per heavy atom. The van der Waals surface area contributed by atoms with E-state index in [0.717, 1.165) is 6.04 Å². The molecule has 0 amide bonds. The van der Waals surface area contributed by atoms with Crippen molar-refractivity contribution in [1.29, 1.82) is 0 Å². The summed E-state index contributed by atoms with van der Waals surface area (Å²) in [4.78, 5) is 0. The second-order valence-corrected chi connectivity index (χ2v) is 4.72. The van der Waals surface area contributed by atoms with Crippen molar-refractivity contribution in [3.05, 3.63) is 0 Å². The molecule has 0 bridgehead atoms. The topological polar surface area (TPSA) is 21.3 Å². The summed E-state index contributed by atoms with van der Waals surface area (Å²) in [6.07, 6.45) is 11.0. The predicted molar refractivity (Wildman–Crippen MR) is 65.2 cm³/mol. The van der Waals surface area contributed by atoms with Crippen LogP contribution in [0.25, 0.3) is 0 Å². The summed E-state index contributed by atoms with van der Waals surface area (Å²) < 4.78 is 5.43. The molecule has 0 aromatic heterocycles. The third-order valence-electron chi connectivity index (χ3n) is 3.44. The van der Waals surface area contributed by atoms with Crippen LogP contribution in [0.15, 0.2) is 0 Å². The third kappa shape index (κ3) is 5.53. The van der Waals surface area contributed by atoms with E-state index in [0.29, 0.717) is 6.10 Å². The van der Waals surface area contributed by atoms with Crippen LogP contribution in [0.5, 0.6) is 0 Å². The van der Waals surface area contributed by atoms with Crippen molar-refractivity contribution < 1.29 is 4.74 Å². The van der Waals surface area contributed by atoms with Gasteiger partial charge in [-0.15, -0.1) is 0 Å². The first kappa shape index (κ1) is 13.0. The van der Waals surface area contributed by atoms with Crippen molar-refractivity contribution in [3.8, 4) is 0 Å². The molecule has 2 nitrogen and oxygen atoms in total. The molecule has 0 aromatic rings. The lowest BCUT2D eigenvalue weighted by Gasteiger charge is -2.16. The van der Waals surface area contributed by atoms with Gasteiger partial charge in [0, 0.05) is 13.2 Å². The van der Waals surface area contributed by atoms with Crippen LogP contribution in [0, 0.1) is 0 Å². The van der Waals surface area contributed by atoms with Crippen molar-refractivity contribution in [2.24, 2.45) is 0 Å². The molecule has 0 saturated heterocycles. The van der Waals surface area contributed by atoms with Crippen LogP contribution in [0.1, 0.15) is 58.3 Å². The molecule has 90 valence electrons. The van der Waals surface area contributed by atoms with Crippen molar-refractivity contribution in [1.82, 2.24) is 5.32 Å². The molecule has 15 heavy (non-hydrogen) atoms. The fraction of sp³-hybridized carbons (Fsp3) is 1.00. The number of hydrogen-bond donors (Lipinski definition) is 1.